The van der Waals surface area contributed by atoms with Crippen LogP contribution in [0.3, 0.4) is 0 Å². The Morgan fingerprint density at radius 1 is 0.940 bits per heavy atom. The van der Waals surface area contributed by atoms with E-state index >= 15 is 4.39 Å². The van der Waals surface area contributed by atoms with Crippen molar-refractivity contribution >= 4 is 46.8 Å². The van der Waals surface area contributed by atoms with Gasteiger partial charge >= 0.3 is 5.97 Å². The van der Waals surface area contributed by atoms with Crippen molar-refractivity contribution in [3.63, 3.8) is 0 Å². The molecule has 2 aliphatic heterocycles. The smallest absolute Gasteiger partial charge is 0.335 e. The Bertz CT molecular complexity index is 2100. The Hall–Kier alpha value is -5.88. The molecule has 1 unspecified atom stereocenters. The number of tetrazole rings is 1. The van der Waals surface area contributed by atoms with Crippen LogP contribution in [0.2, 0.25) is 5.02 Å². The number of halogens is 2. The van der Waals surface area contributed by atoms with E-state index in [2.05, 4.69) is 50.0 Å². The molecule has 7 rings (SSSR count). The molecule has 2 N–H and O–H groups in total. The van der Waals surface area contributed by atoms with Crippen molar-refractivity contribution in [2.24, 2.45) is 0 Å². The molecule has 1 saturated heterocycles. The molecule has 0 saturated carbocycles. The van der Waals surface area contributed by atoms with Crippen LogP contribution in [0.25, 0.3) is 22.9 Å². The van der Waals surface area contributed by atoms with Crippen LogP contribution in [-0.2, 0) is 16.0 Å². The summed E-state index contributed by atoms with van der Waals surface area (Å²) in [5, 5.41) is 23.1. The zero-order valence-electron chi connectivity index (χ0n) is 26.7. The molecule has 0 radical (unpaired) electrons. The number of aromatic carboxylic acids is 1. The number of hydrogen-bond acceptors (Lipinski definition) is 7. The molecule has 1 aromatic heterocycles. The fourth-order valence-corrected chi connectivity index (χ4v) is 6.79. The minimum Gasteiger partial charge on any atom is -0.478 e. The van der Waals surface area contributed by atoms with Crippen LogP contribution in [0.5, 0.6) is 0 Å². The predicted octanol–water partition coefficient (Wildman–Crippen LogP) is 6.20. The molecule has 4 aromatic carbocycles. The highest BCUT2D eigenvalue weighted by Gasteiger charge is 2.36. The highest BCUT2D eigenvalue weighted by molar-refractivity contribution is 6.31. The lowest BCUT2D eigenvalue weighted by molar-refractivity contribution is -0.135. The van der Waals surface area contributed by atoms with Gasteiger partial charge in [0.25, 0.3) is 5.91 Å². The van der Waals surface area contributed by atoms with E-state index in [0.717, 1.165) is 29.8 Å². The average molecular weight is 692 g/mol. The van der Waals surface area contributed by atoms with E-state index in [1.807, 2.05) is 18.2 Å². The van der Waals surface area contributed by atoms with Gasteiger partial charge in [-0.25, -0.2) is 9.18 Å². The van der Waals surface area contributed by atoms with Gasteiger partial charge in [-0.2, -0.15) is 4.68 Å². The first-order valence-corrected chi connectivity index (χ1v) is 16.5. The van der Waals surface area contributed by atoms with Crippen LogP contribution in [0.1, 0.15) is 45.9 Å². The Morgan fingerprint density at radius 3 is 2.40 bits per heavy atom. The molecular formula is C37H31ClFN7O4. The summed E-state index contributed by atoms with van der Waals surface area (Å²) in [5.74, 6) is -2.86. The molecule has 13 heteroatoms. The molecule has 1 atom stereocenters. The van der Waals surface area contributed by atoms with E-state index in [9.17, 15) is 19.5 Å². The molecule has 2 amide bonds. The van der Waals surface area contributed by atoms with Crippen LogP contribution in [0.15, 0.2) is 91.3 Å². The van der Waals surface area contributed by atoms with E-state index in [4.69, 9.17) is 11.6 Å². The minimum absolute atomic E-state index is 0.00487. The number of carboxylic acid groups (broad SMARTS) is 1. The molecule has 11 nitrogen and oxygen atoms in total. The number of nitrogens with one attached hydrogen (secondary N) is 1. The van der Waals surface area contributed by atoms with Crippen molar-refractivity contribution in [2.75, 3.05) is 29.9 Å². The Labute approximate surface area is 291 Å². The van der Waals surface area contributed by atoms with Gasteiger partial charge in [-0.15, -0.1) is 5.10 Å². The number of rotatable bonds is 8. The van der Waals surface area contributed by atoms with Crippen molar-refractivity contribution in [3.05, 3.63) is 124 Å². The lowest BCUT2D eigenvalue weighted by Gasteiger charge is -2.37. The Morgan fingerprint density at radius 2 is 1.70 bits per heavy atom. The number of amides is 2. The number of carbonyl (C=O) groups is 3. The summed E-state index contributed by atoms with van der Waals surface area (Å²) in [5.41, 5.74) is 5.44. The second-order valence-corrected chi connectivity index (χ2v) is 12.5. The monoisotopic (exact) mass is 691 g/mol. The standard InChI is InChI=1S/C37H31ClFN7O4/c38-31-15-16-32(46-22-40-42-43-46)30(34(31)39)14-17-33(47)45-21-18-28-27(23-8-12-26(13-9-23)44-19-1-2-20-44)4-3-5-29(28)35(45)36(48)41-25-10-6-24(7-11-25)37(49)50/h3-17,22,35H,1-2,18-21H2,(H,41,48)(H,49,50). The van der Waals surface area contributed by atoms with Crippen molar-refractivity contribution in [1.29, 1.82) is 0 Å². The predicted molar refractivity (Wildman–Crippen MR) is 187 cm³/mol. The summed E-state index contributed by atoms with van der Waals surface area (Å²) >= 11 is 6.09. The van der Waals surface area contributed by atoms with E-state index in [-0.39, 0.29) is 28.4 Å². The second kappa shape index (κ2) is 13.9. The van der Waals surface area contributed by atoms with E-state index in [1.54, 1.807) is 0 Å². The minimum atomic E-state index is -1.09. The van der Waals surface area contributed by atoms with Crippen LogP contribution in [0.4, 0.5) is 15.8 Å². The molecule has 0 bridgehead atoms. The zero-order chi connectivity index (χ0) is 34.8. The van der Waals surface area contributed by atoms with E-state index in [1.165, 1.54) is 83.0 Å². The van der Waals surface area contributed by atoms with Crippen LogP contribution in [-0.4, -0.2) is 67.6 Å². The molecule has 50 heavy (non-hydrogen) atoms. The van der Waals surface area contributed by atoms with E-state index in [0.29, 0.717) is 17.7 Å². The summed E-state index contributed by atoms with van der Waals surface area (Å²) in [6, 6.07) is 21.8. The van der Waals surface area contributed by atoms with Crippen LogP contribution >= 0.6 is 11.6 Å². The van der Waals surface area contributed by atoms with Crippen LogP contribution in [0, 0.1) is 5.82 Å². The number of carbonyl (C=O) groups excluding carboxylic acids is 2. The zero-order valence-corrected chi connectivity index (χ0v) is 27.4. The Balaban J connectivity index is 1.24. The number of anilines is 2. The first-order valence-electron chi connectivity index (χ1n) is 16.1. The summed E-state index contributed by atoms with van der Waals surface area (Å²) in [7, 11) is 0. The second-order valence-electron chi connectivity index (χ2n) is 12.1. The quantitative estimate of drug-likeness (QED) is 0.184. The van der Waals surface area contributed by atoms with Gasteiger partial charge in [0.1, 0.15) is 12.4 Å². The highest BCUT2D eigenvalue weighted by atomic mass is 35.5. The Kier molecular flexibility index (Phi) is 9.09. The molecule has 1 fully saturated rings. The number of aromatic nitrogens is 4. The third kappa shape index (κ3) is 6.45. The maximum Gasteiger partial charge on any atom is 0.335 e. The molecule has 252 valence electrons. The van der Waals surface area contributed by atoms with Crippen molar-refractivity contribution < 1.29 is 23.9 Å². The molecule has 0 spiro atoms. The lowest BCUT2D eigenvalue weighted by atomic mass is 9.86. The van der Waals surface area contributed by atoms with E-state index < -0.39 is 29.6 Å². The number of carboxylic acids is 1. The van der Waals surface area contributed by atoms with Gasteiger partial charge in [0.05, 0.1) is 16.3 Å². The summed E-state index contributed by atoms with van der Waals surface area (Å²) in [6.07, 6.45) is 6.63. The summed E-state index contributed by atoms with van der Waals surface area (Å²) < 4.78 is 16.5. The molecule has 2 aliphatic rings. The van der Waals surface area contributed by atoms with Crippen molar-refractivity contribution in [3.8, 4) is 16.8 Å². The fourth-order valence-electron chi connectivity index (χ4n) is 6.63. The maximum atomic E-state index is 15.3. The average Bonchev–Trinajstić information content (AvgIpc) is 3.88. The van der Waals surface area contributed by atoms with Gasteiger partial charge < -0.3 is 20.2 Å². The molecule has 5 aromatic rings. The number of nitrogens with zero attached hydrogens (tertiary/aromatic N) is 6. The van der Waals surface area contributed by atoms with Gasteiger partial charge in [0.15, 0.2) is 5.82 Å². The number of fused-ring (bicyclic) bond motifs is 1. The summed E-state index contributed by atoms with van der Waals surface area (Å²) in [4.78, 5) is 43.3. The van der Waals surface area contributed by atoms with Gasteiger partial charge in [-0.3, -0.25) is 9.59 Å². The van der Waals surface area contributed by atoms with Crippen molar-refractivity contribution in [2.45, 2.75) is 25.3 Å². The van der Waals surface area contributed by atoms with Gasteiger partial charge in [0.2, 0.25) is 5.91 Å². The molecular weight excluding hydrogens is 661 g/mol. The number of hydrogen-bond donors (Lipinski definition) is 2. The third-order valence-electron chi connectivity index (χ3n) is 9.10. The SMILES string of the molecule is O=C(O)c1ccc(NC(=O)C2c3cccc(-c4ccc(N5CCCC5)cc4)c3CCN2C(=O)C=Cc2c(-n3cnnn3)ccc(Cl)c2F)cc1. The van der Waals surface area contributed by atoms with Gasteiger partial charge in [-0.1, -0.05) is 41.9 Å². The molecule has 3 heterocycles. The fraction of sp³-hybridized carbons (Fsp3) is 0.189. The topological polar surface area (TPSA) is 134 Å². The first-order chi connectivity index (χ1) is 24.3. The third-order valence-corrected chi connectivity index (χ3v) is 9.39. The maximum absolute atomic E-state index is 15.3. The highest BCUT2D eigenvalue weighted by Crippen LogP contribution is 2.38. The molecule has 0 aliphatic carbocycles. The van der Waals surface area contributed by atoms with Gasteiger partial charge in [-0.05, 0) is 107 Å². The lowest BCUT2D eigenvalue weighted by Crippen LogP contribution is -2.45. The normalized spacial score (nSPS) is 15.7. The van der Waals surface area contributed by atoms with Crippen molar-refractivity contribution in [1.82, 2.24) is 25.1 Å². The summed E-state index contributed by atoms with van der Waals surface area (Å²) in [6.45, 7) is 2.28. The number of benzene rings is 4. The van der Waals surface area contributed by atoms with Crippen LogP contribution < -0.4 is 10.2 Å². The van der Waals surface area contributed by atoms with Gasteiger partial charge in [0, 0.05) is 42.6 Å². The first kappa shape index (κ1) is 32.7. The largest absolute Gasteiger partial charge is 0.478 e.